The van der Waals surface area contributed by atoms with E-state index in [2.05, 4.69) is 11.1 Å². The highest BCUT2D eigenvalue weighted by Gasteiger charge is 2.29. The lowest BCUT2D eigenvalue weighted by Crippen LogP contribution is -2.34. The second-order valence-electron chi connectivity index (χ2n) is 5.66. The first-order valence-corrected chi connectivity index (χ1v) is 8.72. The number of nitrogens with zero attached hydrogens (tertiary/aromatic N) is 3. The Morgan fingerprint density at radius 2 is 2.48 bits per heavy atom. The lowest BCUT2D eigenvalue weighted by atomic mass is 10.2. The normalized spacial score (nSPS) is 20.5. The predicted molar refractivity (Wildman–Crippen MR) is 91.0 cm³/mol. The molecule has 1 aromatic heterocycles. The van der Waals surface area contributed by atoms with Crippen molar-refractivity contribution in [3.05, 3.63) is 35.3 Å². The van der Waals surface area contributed by atoms with Crippen molar-refractivity contribution in [1.29, 1.82) is 5.26 Å². The maximum Gasteiger partial charge on any atom is 0.313 e. The fourth-order valence-electron chi connectivity index (χ4n) is 2.57. The van der Waals surface area contributed by atoms with E-state index in [0.29, 0.717) is 29.6 Å². The first kappa shape index (κ1) is 17.6. The summed E-state index contributed by atoms with van der Waals surface area (Å²) in [6.07, 6.45) is 0.254. The largest absolute Gasteiger partial charge is 0.386 e. The molecule has 0 bridgehead atoms. The summed E-state index contributed by atoms with van der Waals surface area (Å²) in [5.41, 5.74) is 0.768. The van der Waals surface area contributed by atoms with E-state index >= 15 is 0 Å². The minimum absolute atomic E-state index is 0.178. The lowest BCUT2D eigenvalue weighted by molar-refractivity contribution is -0.126. The van der Waals surface area contributed by atoms with Gasteiger partial charge in [0.05, 0.1) is 12.7 Å². The maximum absolute atomic E-state index is 12.3. The van der Waals surface area contributed by atoms with E-state index in [1.807, 2.05) is 12.1 Å². The molecule has 132 valence electrons. The van der Waals surface area contributed by atoms with Gasteiger partial charge in [-0.25, -0.2) is 0 Å². The van der Waals surface area contributed by atoms with Crippen LogP contribution in [0, 0.1) is 18.1 Å². The van der Waals surface area contributed by atoms with Crippen LogP contribution in [-0.4, -0.2) is 35.8 Å². The number of amides is 1. The SMILES string of the molecule is COCC1O[CH-][N+](=c2cc3sc(C(O)CCCC#N)nc3c[cH-]2)C1=O. The Balaban J connectivity index is 1.87. The number of hydrogen-bond acceptors (Lipinski definition) is 7. The van der Waals surface area contributed by atoms with Crippen LogP contribution in [0.25, 0.3) is 10.2 Å². The van der Waals surface area contributed by atoms with Gasteiger partial charge in [-0.2, -0.15) is 17.4 Å². The fourth-order valence-corrected chi connectivity index (χ4v) is 3.59. The highest BCUT2D eigenvalue weighted by atomic mass is 32.1. The van der Waals surface area contributed by atoms with E-state index in [-0.39, 0.29) is 12.5 Å². The molecule has 2 atom stereocenters. The number of benzene rings is 1. The summed E-state index contributed by atoms with van der Waals surface area (Å²) in [5, 5.41) is 20.1. The summed E-state index contributed by atoms with van der Waals surface area (Å²) in [5.74, 6) is -0.178. The number of rotatable bonds is 6. The number of hydrogen-bond donors (Lipinski definition) is 1. The third-order valence-electron chi connectivity index (χ3n) is 3.88. The first-order valence-electron chi connectivity index (χ1n) is 7.90. The third-order valence-corrected chi connectivity index (χ3v) is 5.00. The Hall–Kier alpha value is -2.18. The van der Waals surface area contributed by atoms with Gasteiger partial charge in [-0.1, -0.05) is 4.70 Å². The highest BCUT2D eigenvalue weighted by Crippen LogP contribution is 2.28. The van der Waals surface area contributed by atoms with Gasteiger partial charge in [0.1, 0.15) is 11.1 Å². The molecule has 0 saturated carbocycles. The van der Waals surface area contributed by atoms with Gasteiger partial charge < -0.3 is 19.6 Å². The Kier molecular flexibility index (Phi) is 5.50. The number of aliphatic hydroxyl groups is 1. The second kappa shape index (κ2) is 7.80. The lowest BCUT2D eigenvalue weighted by Gasteiger charge is -2.05. The van der Waals surface area contributed by atoms with E-state index in [4.69, 9.17) is 14.7 Å². The molecule has 2 heterocycles. The van der Waals surface area contributed by atoms with Crippen LogP contribution < -0.4 is 9.93 Å². The van der Waals surface area contributed by atoms with Gasteiger partial charge in [0.25, 0.3) is 0 Å². The number of aliphatic hydroxyl groups excluding tert-OH is 1. The van der Waals surface area contributed by atoms with Crippen LogP contribution in [0.2, 0.25) is 0 Å². The standard InChI is InChI=1S/C17H18N3O4S/c1-23-9-14-17(22)20(10-24-14)11-5-6-12-15(8-11)25-16(19-12)13(21)4-2-3-7-18/h5-6,8,10,13-14,21H,2-4,9H2,1H3/q-1. The molecule has 1 aromatic carbocycles. The number of methoxy groups -OCH3 is 1. The summed E-state index contributed by atoms with van der Waals surface area (Å²) >= 11 is 1.39. The van der Waals surface area contributed by atoms with Crippen molar-refractivity contribution in [2.24, 2.45) is 0 Å². The molecule has 2 aromatic rings. The van der Waals surface area contributed by atoms with E-state index in [1.54, 1.807) is 6.07 Å². The van der Waals surface area contributed by atoms with Crippen molar-refractivity contribution < 1.29 is 19.4 Å². The van der Waals surface area contributed by atoms with Crippen LogP contribution in [-0.2, 0) is 14.3 Å². The Morgan fingerprint density at radius 1 is 1.64 bits per heavy atom. The number of carbonyl (C=O) groups excluding carboxylic acids is 1. The van der Waals surface area contributed by atoms with E-state index in [0.717, 1.165) is 10.2 Å². The zero-order valence-corrected chi connectivity index (χ0v) is 14.5. The molecule has 7 nitrogen and oxygen atoms in total. The molecule has 1 aliphatic heterocycles. The molecule has 1 N–H and O–H groups in total. The summed E-state index contributed by atoms with van der Waals surface area (Å²) in [6, 6.07) is 7.53. The van der Waals surface area contributed by atoms with Crippen molar-refractivity contribution in [1.82, 2.24) is 9.56 Å². The van der Waals surface area contributed by atoms with Crippen molar-refractivity contribution in [3.63, 3.8) is 0 Å². The number of aromatic nitrogens is 1. The maximum atomic E-state index is 12.3. The molecule has 3 rings (SSSR count). The van der Waals surface area contributed by atoms with Gasteiger partial charge in [0, 0.05) is 18.9 Å². The molecule has 0 aliphatic carbocycles. The van der Waals surface area contributed by atoms with Gasteiger partial charge >= 0.3 is 5.91 Å². The number of ether oxygens (including phenoxy) is 2. The van der Waals surface area contributed by atoms with E-state index < -0.39 is 12.2 Å². The second-order valence-corrected chi connectivity index (χ2v) is 6.73. The monoisotopic (exact) mass is 360 g/mol. The molecule has 25 heavy (non-hydrogen) atoms. The molecule has 1 fully saturated rings. The van der Waals surface area contributed by atoms with Crippen LogP contribution in [0.4, 0.5) is 0 Å². The number of carbonyl (C=O) groups is 1. The van der Waals surface area contributed by atoms with Crippen molar-refractivity contribution in [2.45, 2.75) is 31.5 Å². The fraction of sp³-hybridized carbons (Fsp3) is 0.412. The number of thiazole rings is 1. The van der Waals surface area contributed by atoms with Gasteiger partial charge in [0.2, 0.25) is 0 Å². The van der Waals surface area contributed by atoms with Gasteiger partial charge in [-0.15, -0.1) is 17.4 Å². The summed E-state index contributed by atoms with van der Waals surface area (Å²) in [7, 11) is 1.52. The third kappa shape index (κ3) is 3.75. The predicted octanol–water partition coefficient (Wildman–Crippen LogP) is 1.21. The number of nitriles is 1. The van der Waals surface area contributed by atoms with Gasteiger partial charge in [-0.3, -0.25) is 9.37 Å². The van der Waals surface area contributed by atoms with Crippen LogP contribution in [0.15, 0.2) is 18.2 Å². The average Bonchev–Trinajstić information content (AvgIpc) is 3.19. The quantitative estimate of drug-likeness (QED) is 0.473. The summed E-state index contributed by atoms with van der Waals surface area (Å²) < 4.78 is 12.6. The van der Waals surface area contributed by atoms with Gasteiger partial charge in [-0.05, 0) is 18.4 Å². The average molecular weight is 360 g/mol. The van der Waals surface area contributed by atoms with Crippen LogP contribution >= 0.6 is 11.3 Å². The first-order chi connectivity index (χ1) is 12.1. The molecule has 1 aliphatic rings. The van der Waals surface area contributed by atoms with Crippen LogP contribution in [0.1, 0.15) is 30.4 Å². The van der Waals surface area contributed by atoms with Crippen molar-refractivity contribution >= 4 is 27.5 Å². The molecule has 2 unspecified atom stereocenters. The molecule has 1 amide bonds. The van der Waals surface area contributed by atoms with E-state index in [9.17, 15) is 9.90 Å². The van der Waals surface area contributed by atoms with Gasteiger partial charge in [0.15, 0.2) is 12.8 Å². The Bertz CT molecular complexity index is 880. The smallest absolute Gasteiger partial charge is 0.313 e. The minimum atomic E-state index is -0.677. The molecule has 8 heteroatoms. The zero-order valence-electron chi connectivity index (χ0n) is 13.7. The number of fused-ring (bicyclic) bond motifs is 1. The molecule has 0 radical (unpaired) electrons. The number of unbranched alkanes of at least 4 members (excludes halogenated alkanes) is 1. The van der Waals surface area contributed by atoms with Crippen LogP contribution in [0.3, 0.4) is 0 Å². The highest BCUT2D eigenvalue weighted by molar-refractivity contribution is 7.18. The Labute approximate surface area is 148 Å². The molecule has 0 spiro atoms. The molecular weight excluding hydrogens is 342 g/mol. The zero-order chi connectivity index (χ0) is 17.8. The summed E-state index contributed by atoms with van der Waals surface area (Å²) in [4.78, 5) is 16.7. The van der Waals surface area contributed by atoms with Crippen molar-refractivity contribution in [2.75, 3.05) is 13.7 Å². The van der Waals surface area contributed by atoms with Crippen LogP contribution in [0.5, 0.6) is 0 Å². The van der Waals surface area contributed by atoms with Crippen molar-refractivity contribution in [3.8, 4) is 6.07 Å². The molecular formula is C17H18N3O4S-. The minimum Gasteiger partial charge on any atom is -0.386 e. The molecule has 1 saturated heterocycles. The van der Waals surface area contributed by atoms with E-state index in [1.165, 1.54) is 29.8 Å². The Morgan fingerprint density at radius 3 is 3.24 bits per heavy atom. The topological polar surface area (TPSA) is 95.5 Å². The summed E-state index contributed by atoms with van der Waals surface area (Å²) in [6.45, 7) is 1.60.